The number of rotatable bonds is 7. The van der Waals surface area contributed by atoms with Gasteiger partial charge >= 0.3 is 0 Å². The van der Waals surface area contributed by atoms with Gasteiger partial charge in [-0.05, 0) is 42.7 Å². The van der Waals surface area contributed by atoms with Crippen LogP contribution in [0.2, 0.25) is 5.02 Å². The first-order chi connectivity index (χ1) is 12.2. The van der Waals surface area contributed by atoms with E-state index in [2.05, 4.69) is 41.2 Å². The zero-order chi connectivity index (χ0) is 17.6. The van der Waals surface area contributed by atoms with Crippen LogP contribution in [0.25, 0.3) is 10.9 Å². The molecule has 1 atom stereocenters. The van der Waals surface area contributed by atoms with Gasteiger partial charge in [-0.15, -0.1) is 0 Å². The predicted molar refractivity (Wildman–Crippen MR) is 104 cm³/mol. The lowest BCUT2D eigenvalue weighted by molar-refractivity contribution is -0.122. The molecule has 0 aliphatic carbocycles. The maximum Gasteiger partial charge on any atom is 0.220 e. The third-order valence-electron chi connectivity index (χ3n) is 4.48. The minimum atomic E-state index is 0.0863. The van der Waals surface area contributed by atoms with Crippen molar-refractivity contribution in [1.29, 1.82) is 0 Å². The first-order valence-electron chi connectivity index (χ1n) is 8.76. The summed E-state index contributed by atoms with van der Waals surface area (Å²) in [5.41, 5.74) is 2.31. The fourth-order valence-corrected chi connectivity index (χ4v) is 3.33. The van der Waals surface area contributed by atoms with Gasteiger partial charge in [0.05, 0.1) is 6.04 Å². The van der Waals surface area contributed by atoms with Crippen molar-refractivity contribution in [3.05, 3.63) is 71.4 Å². The van der Waals surface area contributed by atoms with Gasteiger partial charge < -0.3 is 9.88 Å². The van der Waals surface area contributed by atoms with E-state index in [1.807, 2.05) is 36.4 Å². The highest BCUT2D eigenvalue weighted by atomic mass is 35.5. The van der Waals surface area contributed by atoms with Crippen LogP contribution in [0.5, 0.6) is 0 Å². The van der Waals surface area contributed by atoms with Crippen LogP contribution in [0.3, 0.4) is 0 Å². The highest BCUT2D eigenvalue weighted by Gasteiger charge is 2.12. The van der Waals surface area contributed by atoms with Crippen LogP contribution in [0, 0.1) is 0 Å². The van der Waals surface area contributed by atoms with Crippen molar-refractivity contribution in [2.75, 3.05) is 0 Å². The van der Waals surface area contributed by atoms with Crippen molar-refractivity contribution in [3.63, 3.8) is 0 Å². The third kappa shape index (κ3) is 4.43. The summed E-state index contributed by atoms with van der Waals surface area (Å²) in [5, 5.41) is 5.02. The van der Waals surface area contributed by atoms with E-state index in [-0.39, 0.29) is 11.9 Å². The normalized spacial score (nSPS) is 12.2. The van der Waals surface area contributed by atoms with Gasteiger partial charge in [0.15, 0.2) is 0 Å². The van der Waals surface area contributed by atoms with Crippen molar-refractivity contribution in [2.24, 2.45) is 0 Å². The lowest BCUT2D eigenvalue weighted by atomic mass is 10.0. The predicted octanol–water partition coefficient (Wildman–Crippen LogP) is 5.34. The fourth-order valence-electron chi connectivity index (χ4n) is 3.15. The molecular formula is C21H23ClN2O. The molecule has 0 saturated carbocycles. The quantitative estimate of drug-likeness (QED) is 0.610. The molecule has 0 radical (unpaired) electrons. The Bertz CT molecular complexity index is 841. The molecule has 25 heavy (non-hydrogen) atoms. The SMILES string of the molecule is CC[C@@H](NC(=O)CCCn1ccc2cc(Cl)ccc21)c1ccccc1. The molecule has 2 aromatic carbocycles. The first-order valence-corrected chi connectivity index (χ1v) is 9.14. The largest absolute Gasteiger partial charge is 0.349 e. The molecule has 1 heterocycles. The number of nitrogens with zero attached hydrogens (tertiary/aromatic N) is 1. The second-order valence-corrected chi connectivity index (χ2v) is 6.69. The smallest absolute Gasteiger partial charge is 0.220 e. The summed E-state index contributed by atoms with van der Waals surface area (Å²) in [5.74, 6) is 0.107. The van der Waals surface area contributed by atoms with Crippen LogP contribution >= 0.6 is 11.6 Å². The molecule has 0 aliphatic heterocycles. The summed E-state index contributed by atoms with van der Waals surface area (Å²) in [6, 6.07) is 18.2. The number of carbonyl (C=O) groups is 1. The summed E-state index contributed by atoms with van der Waals surface area (Å²) in [6.07, 6.45) is 4.27. The minimum Gasteiger partial charge on any atom is -0.349 e. The number of hydrogen-bond acceptors (Lipinski definition) is 1. The number of fused-ring (bicyclic) bond motifs is 1. The molecule has 0 unspecified atom stereocenters. The maximum atomic E-state index is 12.3. The Morgan fingerprint density at radius 1 is 1.16 bits per heavy atom. The molecule has 0 aliphatic rings. The van der Waals surface area contributed by atoms with Crippen molar-refractivity contribution in [1.82, 2.24) is 9.88 Å². The van der Waals surface area contributed by atoms with E-state index in [9.17, 15) is 4.79 Å². The van der Waals surface area contributed by atoms with Gasteiger partial charge in [0.1, 0.15) is 0 Å². The molecule has 1 aromatic heterocycles. The Hall–Kier alpha value is -2.26. The Balaban J connectivity index is 1.53. The Morgan fingerprint density at radius 2 is 1.96 bits per heavy atom. The molecule has 0 bridgehead atoms. The number of nitrogens with one attached hydrogen (secondary N) is 1. The van der Waals surface area contributed by atoms with Gasteiger partial charge in [-0.25, -0.2) is 0 Å². The number of halogens is 1. The lowest BCUT2D eigenvalue weighted by Gasteiger charge is -2.17. The van der Waals surface area contributed by atoms with E-state index in [0.29, 0.717) is 6.42 Å². The van der Waals surface area contributed by atoms with Gasteiger partial charge in [0, 0.05) is 35.1 Å². The number of carbonyl (C=O) groups excluding carboxylic acids is 1. The van der Waals surface area contributed by atoms with Gasteiger partial charge in [-0.1, -0.05) is 48.9 Å². The summed E-state index contributed by atoms with van der Waals surface area (Å²) in [6.45, 7) is 2.91. The number of hydrogen-bond donors (Lipinski definition) is 1. The minimum absolute atomic E-state index is 0.0863. The summed E-state index contributed by atoms with van der Waals surface area (Å²) < 4.78 is 2.17. The Morgan fingerprint density at radius 3 is 2.72 bits per heavy atom. The molecule has 3 nitrogen and oxygen atoms in total. The summed E-state index contributed by atoms with van der Waals surface area (Å²) >= 11 is 6.02. The molecule has 3 aromatic rings. The molecule has 130 valence electrons. The van der Waals surface area contributed by atoms with Gasteiger partial charge in [0.2, 0.25) is 5.91 Å². The number of aryl methyl sites for hydroxylation is 1. The monoisotopic (exact) mass is 354 g/mol. The molecule has 0 fully saturated rings. The molecular weight excluding hydrogens is 332 g/mol. The van der Waals surface area contributed by atoms with Crippen molar-refractivity contribution < 1.29 is 4.79 Å². The summed E-state index contributed by atoms with van der Waals surface area (Å²) in [7, 11) is 0. The van der Waals surface area contributed by atoms with Crippen molar-refractivity contribution >= 4 is 28.4 Å². The molecule has 4 heteroatoms. The fraction of sp³-hybridized carbons (Fsp3) is 0.286. The zero-order valence-corrected chi connectivity index (χ0v) is 15.2. The molecule has 3 rings (SSSR count). The van der Waals surface area contributed by atoms with Crippen molar-refractivity contribution in [3.8, 4) is 0 Å². The van der Waals surface area contributed by atoms with Crippen LogP contribution in [0.15, 0.2) is 60.8 Å². The van der Waals surface area contributed by atoms with Gasteiger partial charge in [-0.3, -0.25) is 4.79 Å². The Labute approximate surface area is 153 Å². The second-order valence-electron chi connectivity index (χ2n) is 6.25. The molecule has 1 N–H and O–H groups in total. The highest BCUT2D eigenvalue weighted by Crippen LogP contribution is 2.21. The second kappa shape index (κ2) is 8.21. The zero-order valence-electron chi connectivity index (χ0n) is 14.4. The topological polar surface area (TPSA) is 34.0 Å². The van der Waals surface area contributed by atoms with E-state index in [4.69, 9.17) is 11.6 Å². The van der Waals surface area contributed by atoms with Gasteiger partial charge in [0.25, 0.3) is 0 Å². The maximum absolute atomic E-state index is 12.3. The van der Waals surface area contributed by atoms with E-state index in [1.54, 1.807) is 0 Å². The van der Waals surface area contributed by atoms with Crippen LogP contribution in [0.4, 0.5) is 0 Å². The summed E-state index contributed by atoms with van der Waals surface area (Å²) in [4.78, 5) is 12.3. The lowest BCUT2D eigenvalue weighted by Crippen LogP contribution is -2.28. The highest BCUT2D eigenvalue weighted by molar-refractivity contribution is 6.31. The first kappa shape index (κ1) is 17.6. The average Bonchev–Trinajstić information content (AvgIpc) is 3.02. The third-order valence-corrected chi connectivity index (χ3v) is 4.72. The molecule has 1 amide bonds. The van der Waals surface area contributed by atoms with Crippen LogP contribution < -0.4 is 5.32 Å². The van der Waals surface area contributed by atoms with Gasteiger partial charge in [-0.2, -0.15) is 0 Å². The number of amides is 1. The van der Waals surface area contributed by atoms with E-state index < -0.39 is 0 Å². The standard InChI is InChI=1S/C21H23ClN2O/c1-2-19(16-7-4-3-5-8-16)23-21(25)9-6-13-24-14-12-17-15-18(22)10-11-20(17)24/h3-5,7-8,10-12,14-15,19H,2,6,9,13H2,1H3,(H,23,25)/t19-/m1/s1. The average molecular weight is 355 g/mol. The van der Waals surface area contributed by atoms with E-state index in [1.165, 1.54) is 0 Å². The van der Waals surface area contributed by atoms with E-state index >= 15 is 0 Å². The number of benzene rings is 2. The van der Waals surface area contributed by atoms with Crippen molar-refractivity contribution in [2.45, 2.75) is 38.8 Å². The molecule has 0 spiro atoms. The number of aromatic nitrogens is 1. The van der Waals surface area contributed by atoms with Crippen LogP contribution in [-0.2, 0) is 11.3 Å². The Kier molecular flexibility index (Phi) is 5.77. The van der Waals surface area contributed by atoms with E-state index in [0.717, 1.165) is 40.9 Å². The van der Waals surface area contributed by atoms with Crippen LogP contribution in [-0.4, -0.2) is 10.5 Å². The molecule has 0 saturated heterocycles. The van der Waals surface area contributed by atoms with Crippen LogP contribution in [0.1, 0.15) is 37.8 Å².